The van der Waals surface area contributed by atoms with Crippen molar-refractivity contribution >= 4 is 29.1 Å². The lowest BCUT2D eigenvalue weighted by Gasteiger charge is -2.06. The highest BCUT2D eigenvalue weighted by molar-refractivity contribution is 7.98. The van der Waals surface area contributed by atoms with Crippen LogP contribution in [-0.2, 0) is 5.75 Å². The van der Waals surface area contributed by atoms with E-state index in [-0.39, 0.29) is 11.7 Å². The van der Waals surface area contributed by atoms with Crippen molar-refractivity contribution in [2.75, 3.05) is 5.75 Å². The summed E-state index contributed by atoms with van der Waals surface area (Å²) in [4.78, 5) is 10.1. The van der Waals surface area contributed by atoms with E-state index in [9.17, 15) is 10.1 Å². The number of hydrogen-bond acceptors (Lipinski definition) is 4. The number of nitro benzene ring substituents is 1. The van der Waals surface area contributed by atoms with Gasteiger partial charge in [-0.05, 0) is 30.7 Å². The van der Waals surface area contributed by atoms with Gasteiger partial charge in [0.1, 0.15) is 0 Å². The van der Waals surface area contributed by atoms with Gasteiger partial charge in [-0.25, -0.2) is 0 Å². The minimum Gasteiger partial charge on any atom is -0.328 e. The summed E-state index contributed by atoms with van der Waals surface area (Å²) in [5, 5.41) is 11.0. The summed E-state index contributed by atoms with van der Waals surface area (Å²) in [6.07, 6.45) is 0.954. The molecule has 0 saturated carbocycles. The standard InChI is InChI=1S/C11H15ClN2O2S/c1-8(13)4-5-17-7-9-2-3-10(14(15)16)6-11(9)12/h2-3,6,8H,4-5,7,13H2,1H3. The number of halogens is 1. The fourth-order valence-corrected chi connectivity index (χ4v) is 2.69. The molecule has 0 heterocycles. The molecule has 0 saturated heterocycles. The van der Waals surface area contributed by atoms with E-state index in [0.717, 1.165) is 23.5 Å². The Morgan fingerprint density at radius 3 is 2.82 bits per heavy atom. The smallest absolute Gasteiger partial charge is 0.270 e. The lowest BCUT2D eigenvalue weighted by Crippen LogP contribution is -2.15. The molecule has 17 heavy (non-hydrogen) atoms. The van der Waals surface area contributed by atoms with Crippen LogP contribution in [0.25, 0.3) is 0 Å². The first-order valence-electron chi connectivity index (χ1n) is 5.27. The number of nitrogens with zero attached hydrogens (tertiary/aromatic N) is 1. The van der Waals surface area contributed by atoms with Gasteiger partial charge in [0.2, 0.25) is 0 Å². The Labute approximate surface area is 110 Å². The van der Waals surface area contributed by atoms with Gasteiger partial charge in [-0.15, -0.1) is 0 Å². The fourth-order valence-electron chi connectivity index (χ4n) is 1.22. The van der Waals surface area contributed by atoms with Gasteiger partial charge in [0.25, 0.3) is 5.69 Å². The van der Waals surface area contributed by atoms with Gasteiger partial charge < -0.3 is 5.73 Å². The van der Waals surface area contributed by atoms with E-state index in [4.69, 9.17) is 17.3 Å². The molecular weight excluding hydrogens is 260 g/mol. The first kappa shape index (κ1) is 14.3. The van der Waals surface area contributed by atoms with Crippen LogP contribution in [-0.4, -0.2) is 16.7 Å². The van der Waals surface area contributed by atoms with Crippen LogP contribution in [0.4, 0.5) is 5.69 Å². The second-order valence-corrected chi connectivity index (χ2v) is 5.36. The van der Waals surface area contributed by atoms with E-state index in [1.54, 1.807) is 17.8 Å². The molecule has 1 rings (SSSR count). The van der Waals surface area contributed by atoms with E-state index >= 15 is 0 Å². The Morgan fingerprint density at radius 2 is 2.29 bits per heavy atom. The van der Waals surface area contributed by atoms with Crippen molar-refractivity contribution in [3.05, 3.63) is 38.9 Å². The summed E-state index contributed by atoms with van der Waals surface area (Å²) in [5.41, 5.74) is 6.59. The van der Waals surface area contributed by atoms with Crippen LogP contribution in [0.5, 0.6) is 0 Å². The minimum atomic E-state index is -0.446. The molecule has 0 amide bonds. The minimum absolute atomic E-state index is 0.0272. The predicted octanol–water partition coefficient (Wildman–Crippen LogP) is 3.22. The fraction of sp³-hybridized carbons (Fsp3) is 0.455. The van der Waals surface area contributed by atoms with E-state index in [1.165, 1.54) is 12.1 Å². The second-order valence-electron chi connectivity index (χ2n) is 3.85. The molecule has 4 nitrogen and oxygen atoms in total. The summed E-state index contributed by atoms with van der Waals surface area (Å²) < 4.78 is 0. The van der Waals surface area contributed by atoms with Crippen LogP contribution < -0.4 is 5.73 Å². The van der Waals surface area contributed by atoms with Crippen LogP contribution in [0.1, 0.15) is 18.9 Å². The maximum atomic E-state index is 10.5. The summed E-state index contributed by atoms with van der Waals surface area (Å²) in [5.74, 6) is 1.72. The van der Waals surface area contributed by atoms with Crippen LogP contribution in [0.2, 0.25) is 5.02 Å². The molecule has 0 aromatic heterocycles. The third kappa shape index (κ3) is 4.93. The number of nitro groups is 1. The van der Waals surface area contributed by atoms with E-state index < -0.39 is 4.92 Å². The van der Waals surface area contributed by atoms with Gasteiger partial charge in [-0.1, -0.05) is 11.6 Å². The second kappa shape index (κ2) is 6.83. The molecule has 0 bridgehead atoms. The Bertz CT molecular complexity index is 399. The van der Waals surface area contributed by atoms with Crippen molar-refractivity contribution in [2.45, 2.75) is 25.1 Å². The van der Waals surface area contributed by atoms with Gasteiger partial charge in [-0.3, -0.25) is 10.1 Å². The maximum Gasteiger partial charge on any atom is 0.270 e. The molecule has 0 fully saturated rings. The average molecular weight is 275 g/mol. The predicted molar refractivity (Wildman–Crippen MR) is 72.5 cm³/mol. The normalized spacial score (nSPS) is 12.4. The van der Waals surface area contributed by atoms with Crippen LogP contribution in [0.3, 0.4) is 0 Å². The first-order valence-corrected chi connectivity index (χ1v) is 6.80. The number of rotatable bonds is 6. The molecule has 0 aliphatic rings. The zero-order valence-electron chi connectivity index (χ0n) is 9.56. The highest BCUT2D eigenvalue weighted by Gasteiger charge is 2.09. The van der Waals surface area contributed by atoms with E-state index in [2.05, 4.69) is 0 Å². The SMILES string of the molecule is CC(N)CCSCc1ccc([N+](=O)[O-])cc1Cl. The number of nitrogens with two attached hydrogens (primary N) is 1. The molecule has 6 heteroatoms. The molecule has 94 valence electrons. The van der Waals surface area contributed by atoms with Crippen molar-refractivity contribution in [2.24, 2.45) is 5.73 Å². The van der Waals surface area contributed by atoms with Crippen molar-refractivity contribution in [1.29, 1.82) is 0 Å². The van der Waals surface area contributed by atoms with Crippen molar-refractivity contribution in [1.82, 2.24) is 0 Å². The molecule has 1 aromatic carbocycles. The van der Waals surface area contributed by atoms with Crippen molar-refractivity contribution < 1.29 is 4.92 Å². The number of non-ortho nitro benzene ring substituents is 1. The van der Waals surface area contributed by atoms with Crippen LogP contribution in [0.15, 0.2) is 18.2 Å². The lowest BCUT2D eigenvalue weighted by molar-refractivity contribution is -0.384. The molecule has 0 spiro atoms. The third-order valence-electron chi connectivity index (χ3n) is 2.22. The Kier molecular flexibility index (Phi) is 5.74. The van der Waals surface area contributed by atoms with E-state index in [1.807, 2.05) is 6.92 Å². The van der Waals surface area contributed by atoms with Crippen LogP contribution in [0, 0.1) is 10.1 Å². The topological polar surface area (TPSA) is 69.2 Å². The Morgan fingerprint density at radius 1 is 1.59 bits per heavy atom. The first-order chi connectivity index (χ1) is 8.00. The largest absolute Gasteiger partial charge is 0.328 e. The Balaban J connectivity index is 2.52. The molecule has 0 aliphatic carbocycles. The zero-order chi connectivity index (χ0) is 12.8. The van der Waals surface area contributed by atoms with Gasteiger partial charge in [0, 0.05) is 23.9 Å². The van der Waals surface area contributed by atoms with Gasteiger partial charge >= 0.3 is 0 Å². The molecule has 0 radical (unpaired) electrons. The molecule has 1 atom stereocenters. The molecule has 1 unspecified atom stereocenters. The maximum absolute atomic E-state index is 10.5. The lowest BCUT2D eigenvalue weighted by atomic mass is 10.2. The Hall–Kier alpha value is -0.780. The third-order valence-corrected chi connectivity index (χ3v) is 3.61. The number of benzene rings is 1. The monoisotopic (exact) mass is 274 g/mol. The van der Waals surface area contributed by atoms with Gasteiger partial charge in [-0.2, -0.15) is 11.8 Å². The summed E-state index contributed by atoms with van der Waals surface area (Å²) in [6, 6.07) is 4.78. The van der Waals surface area contributed by atoms with Crippen molar-refractivity contribution in [3.63, 3.8) is 0 Å². The number of hydrogen-bond donors (Lipinski definition) is 1. The zero-order valence-corrected chi connectivity index (χ0v) is 11.1. The molecular formula is C11H15ClN2O2S. The van der Waals surface area contributed by atoms with Crippen LogP contribution >= 0.6 is 23.4 Å². The van der Waals surface area contributed by atoms with Gasteiger partial charge in [0.05, 0.1) is 9.95 Å². The van der Waals surface area contributed by atoms with Crippen molar-refractivity contribution in [3.8, 4) is 0 Å². The molecule has 2 N–H and O–H groups in total. The summed E-state index contributed by atoms with van der Waals surface area (Å²) in [6.45, 7) is 1.97. The van der Waals surface area contributed by atoms with Gasteiger partial charge in [0.15, 0.2) is 0 Å². The average Bonchev–Trinajstić information content (AvgIpc) is 2.25. The number of thioether (sulfide) groups is 1. The highest BCUT2D eigenvalue weighted by atomic mass is 35.5. The summed E-state index contributed by atoms with van der Waals surface area (Å²) >= 11 is 7.70. The molecule has 1 aromatic rings. The quantitative estimate of drug-likeness (QED) is 0.491. The highest BCUT2D eigenvalue weighted by Crippen LogP contribution is 2.26. The van der Waals surface area contributed by atoms with E-state index in [0.29, 0.717) is 5.02 Å². The molecule has 0 aliphatic heterocycles. The summed E-state index contributed by atoms with van der Waals surface area (Å²) in [7, 11) is 0.